The summed E-state index contributed by atoms with van der Waals surface area (Å²) in [5.74, 6) is -3.86. The van der Waals surface area contributed by atoms with Crippen LogP contribution in [-0.2, 0) is 28.6 Å². The number of esters is 3. The predicted molar refractivity (Wildman–Crippen MR) is 140 cm³/mol. The molecule has 42 heavy (non-hydrogen) atoms. The van der Waals surface area contributed by atoms with Crippen LogP contribution in [0.5, 0.6) is 0 Å². The summed E-state index contributed by atoms with van der Waals surface area (Å²) in [6, 6.07) is 0. The molecule has 0 saturated heterocycles. The first-order chi connectivity index (χ1) is 19.3. The minimum Gasteiger partial charge on any atom is -0.462 e. The molecule has 12 heteroatoms. The minimum atomic E-state index is -5.86. The molecule has 0 heterocycles. The number of carbonyl (C=O) groups excluding carboxylic acids is 3. The van der Waals surface area contributed by atoms with E-state index in [2.05, 4.69) is 4.74 Å². The molecule has 3 aliphatic carbocycles. The molecule has 0 spiro atoms. The zero-order valence-corrected chi connectivity index (χ0v) is 24.4. The van der Waals surface area contributed by atoms with Gasteiger partial charge in [0.05, 0.1) is 0 Å². The number of fused-ring (bicyclic) bond motifs is 1. The van der Waals surface area contributed by atoms with E-state index in [0.717, 1.165) is 11.1 Å². The van der Waals surface area contributed by atoms with Crippen LogP contribution in [0.1, 0.15) is 86.0 Å². The van der Waals surface area contributed by atoms with E-state index < -0.39 is 65.8 Å². The third-order valence-electron chi connectivity index (χ3n) is 8.67. The average Bonchev–Trinajstić information content (AvgIpc) is 3.17. The lowest BCUT2D eigenvalue weighted by Gasteiger charge is -2.44. The molecule has 0 aromatic carbocycles. The van der Waals surface area contributed by atoms with E-state index in [9.17, 15) is 40.7 Å². The van der Waals surface area contributed by atoms with Crippen molar-refractivity contribution in [3.05, 3.63) is 34.9 Å². The monoisotopic (exact) mass is 608 g/mol. The van der Waals surface area contributed by atoms with Crippen LogP contribution in [0.15, 0.2) is 34.9 Å². The van der Waals surface area contributed by atoms with E-state index in [1.54, 1.807) is 6.08 Å². The van der Waals surface area contributed by atoms with Crippen molar-refractivity contribution in [2.75, 3.05) is 0 Å². The summed E-state index contributed by atoms with van der Waals surface area (Å²) in [6.45, 7) is 6.33. The van der Waals surface area contributed by atoms with Crippen molar-refractivity contribution in [2.45, 2.75) is 116 Å². The Morgan fingerprint density at radius 2 is 1.50 bits per heavy atom. The standard InChI is InChI=1S/C30H38F6O6/c1-17(16-28(29(31,32)33,30(34,35)36)42-20(4)39)25-10-11-26-22(7-6-12-27(25,26)5)9-8-21-13-23(40-18(2)37)15-24(14-21)41-19(3)38/h8-10,17,23-24,26H,6-7,11-16H2,1-5H3/b21-8-,22-9+/t17?,23?,24-,26?,27-/m1/s1. The molecule has 0 radical (unpaired) electrons. The Hall–Kier alpha value is -2.79. The van der Waals surface area contributed by atoms with Crippen LogP contribution in [-0.4, -0.2) is 48.1 Å². The van der Waals surface area contributed by atoms with Gasteiger partial charge in [-0.15, -0.1) is 0 Å². The van der Waals surface area contributed by atoms with Crippen molar-refractivity contribution in [2.24, 2.45) is 17.3 Å². The molecule has 3 aliphatic rings. The normalized spacial score (nSPS) is 29.5. The van der Waals surface area contributed by atoms with Crippen molar-refractivity contribution in [3.63, 3.8) is 0 Å². The average molecular weight is 609 g/mol. The number of hydrogen-bond donors (Lipinski definition) is 0. The number of allylic oxidation sites excluding steroid dienone is 5. The van der Waals surface area contributed by atoms with Gasteiger partial charge in [0.25, 0.3) is 0 Å². The Kier molecular flexibility index (Phi) is 9.99. The molecule has 0 N–H and O–H groups in total. The number of hydrogen-bond acceptors (Lipinski definition) is 6. The van der Waals surface area contributed by atoms with Gasteiger partial charge in [-0.1, -0.05) is 48.8 Å². The Bertz CT molecular complexity index is 1110. The zero-order chi connectivity index (χ0) is 31.7. The summed E-state index contributed by atoms with van der Waals surface area (Å²) in [6.07, 6.45) is -4.80. The number of alkyl halides is 6. The topological polar surface area (TPSA) is 78.9 Å². The fourth-order valence-corrected chi connectivity index (χ4v) is 7.09. The highest BCUT2D eigenvalue weighted by molar-refractivity contribution is 5.67. The highest BCUT2D eigenvalue weighted by Crippen LogP contribution is 2.59. The number of carbonyl (C=O) groups is 3. The van der Waals surface area contributed by atoms with E-state index >= 15 is 0 Å². The zero-order valence-electron chi connectivity index (χ0n) is 24.4. The van der Waals surface area contributed by atoms with Crippen molar-refractivity contribution in [1.82, 2.24) is 0 Å². The Balaban J connectivity index is 1.87. The summed E-state index contributed by atoms with van der Waals surface area (Å²) in [7, 11) is 0. The molecule has 0 aliphatic heterocycles. The number of halogens is 6. The van der Waals surface area contributed by atoms with Crippen molar-refractivity contribution in [1.29, 1.82) is 0 Å². The van der Waals surface area contributed by atoms with Gasteiger partial charge in [0.15, 0.2) is 0 Å². The van der Waals surface area contributed by atoms with Crippen LogP contribution in [0.4, 0.5) is 26.3 Å². The van der Waals surface area contributed by atoms with Gasteiger partial charge < -0.3 is 14.2 Å². The summed E-state index contributed by atoms with van der Waals surface area (Å²) >= 11 is 0. The summed E-state index contributed by atoms with van der Waals surface area (Å²) < 4.78 is 98.5. The van der Waals surface area contributed by atoms with Crippen LogP contribution < -0.4 is 0 Å². The molecule has 3 unspecified atom stereocenters. The van der Waals surface area contributed by atoms with Gasteiger partial charge in [-0.25, -0.2) is 0 Å². The highest BCUT2D eigenvalue weighted by Gasteiger charge is 2.74. The quantitative estimate of drug-likeness (QED) is 0.129. The highest BCUT2D eigenvalue weighted by atomic mass is 19.4. The molecular formula is C30H38F6O6. The lowest BCUT2D eigenvalue weighted by molar-refractivity contribution is -0.373. The van der Waals surface area contributed by atoms with Crippen LogP contribution >= 0.6 is 0 Å². The maximum Gasteiger partial charge on any atom is 0.437 e. The summed E-state index contributed by atoms with van der Waals surface area (Å²) in [4.78, 5) is 34.5. The molecule has 3 rings (SSSR count). The third kappa shape index (κ3) is 7.22. The maximum atomic E-state index is 14.0. The van der Waals surface area contributed by atoms with Crippen molar-refractivity contribution < 1.29 is 54.9 Å². The maximum absolute atomic E-state index is 14.0. The summed E-state index contributed by atoms with van der Waals surface area (Å²) in [5, 5.41) is 0. The SMILES string of the molecule is CC(=O)OC1C/C(=C/C=C2\CCC[C@]3(C)C(C(C)CC(OC(C)=O)(C(F)(F)F)C(F)(F)F)=CCC23)C[C@@H](OC(C)=O)C1. The molecule has 236 valence electrons. The molecule has 0 aromatic heterocycles. The second kappa shape index (κ2) is 12.4. The minimum absolute atomic E-state index is 0.127. The van der Waals surface area contributed by atoms with Crippen LogP contribution in [0.2, 0.25) is 0 Å². The Morgan fingerprint density at radius 3 is 1.98 bits per heavy atom. The third-order valence-corrected chi connectivity index (χ3v) is 8.67. The molecule has 0 aromatic rings. The molecule has 0 bridgehead atoms. The van der Waals surface area contributed by atoms with Gasteiger partial charge in [-0.05, 0) is 42.9 Å². The van der Waals surface area contributed by atoms with Gasteiger partial charge >= 0.3 is 35.9 Å². The van der Waals surface area contributed by atoms with Crippen LogP contribution in [0.25, 0.3) is 0 Å². The number of rotatable bonds is 7. The largest absolute Gasteiger partial charge is 0.462 e. The van der Waals surface area contributed by atoms with Gasteiger partial charge in [-0.3, -0.25) is 14.4 Å². The Morgan fingerprint density at radius 1 is 0.952 bits per heavy atom. The predicted octanol–water partition coefficient (Wildman–Crippen LogP) is 7.48. The Labute approximate surface area is 241 Å². The first-order valence-corrected chi connectivity index (χ1v) is 14.1. The number of ether oxygens (including phenoxy) is 3. The molecule has 5 atom stereocenters. The van der Waals surface area contributed by atoms with E-state index in [4.69, 9.17) is 9.47 Å². The van der Waals surface area contributed by atoms with E-state index in [-0.39, 0.29) is 5.92 Å². The first-order valence-electron chi connectivity index (χ1n) is 14.1. The van der Waals surface area contributed by atoms with Gasteiger partial charge in [0, 0.05) is 46.5 Å². The van der Waals surface area contributed by atoms with Crippen molar-refractivity contribution in [3.8, 4) is 0 Å². The fourth-order valence-electron chi connectivity index (χ4n) is 7.09. The van der Waals surface area contributed by atoms with E-state index in [1.165, 1.54) is 20.8 Å². The lowest BCUT2D eigenvalue weighted by Crippen LogP contribution is -2.60. The molecule has 2 saturated carbocycles. The van der Waals surface area contributed by atoms with E-state index in [0.29, 0.717) is 57.4 Å². The van der Waals surface area contributed by atoms with Crippen LogP contribution in [0.3, 0.4) is 0 Å². The van der Waals surface area contributed by atoms with E-state index in [1.807, 2.05) is 19.1 Å². The lowest BCUT2D eigenvalue weighted by atomic mass is 9.61. The molecular weight excluding hydrogens is 570 g/mol. The second-order valence-corrected chi connectivity index (χ2v) is 11.9. The van der Waals surface area contributed by atoms with Gasteiger partial charge in [0.1, 0.15) is 12.2 Å². The smallest absolute Gasteiger partial charge is 0.437 e. The van der Waals surface area contributed by atoms with Crippen molar-refractivity contribution >= 4 is 17.9 Å². The van der Waals surface area contributed by atoms with Gasteiger partial charge in [0.2, 0.25) is 0 Å². The molecule has 6 nitrogen and oxygen atoms in total. The second-order valence-electron chi connectivity index (χ2n) is 11.9. The fraction of sp³-hybridized carbons (Fsp3) is 0.700. The van der Waals surface area contributed by atoms with Crippen LogP contribution in [0, 0.1) is 17.3 Å². The molecule has 2 fully saturated rings. The molecule has 0 amide bonds. The summed E-state index contributed by atoms with van der Waals surface area (Å²) in [5.41, 5.74) is -2.87. The van der Waals surface area contributed by atoms with Gasteiger partial charge in [-0.2, -0.15) is 26.3 Å². The first kappa shape index (κ1) is 33.7.